The molecule has 2 rings (SSSR count). The maximum absolute atomic E-state index is 13.4. The van der Waals surface area contributed by atoms with Crippen molar-refractivity contribution in [3.63, 3.8) is 0 Å². The fourth-order valence-corrected chi connectivity index (χ4v) is 1.93. The number of furan rings is 1. The molecule has 1 aromatic heterocycles. The number of hydrogen-bond acceptors (Lipinski definition) is 3. The van der Waals surface area contributed by atoms with E-state index in [2.05, 4.69) is 5.32 Å². The van der Waals surface area contributed by atoms with Crippen molar-refractivity contribution in [1.29, 1.82) is 0 Å². The number of carboxylic acid groups (broad SMARTS) is 1. The van der Waals surface area contributed by atoms with E-state index in [9.17, 15) is 9.18 Å². The molecular formula is C15H16FNO3. The zero-order valence-corrected chi connectivity index (χ0v) is 11.1. The minimum atomic E-state index is -1.09. The van der Waals surface area contributed by atoms with Crippen LogP contribution in [0, 0.1) is 5.82 Å². The third kappa shape index (κ3) is 3.45. The molecule has 106 valence electrons. The van der Waals surface area contributed by atoms with Crippen LogP contribution in [0.4, 0.5) is 4.39 Å². The Bertz CT molecular complexity index is 594. The first kappa shape index (κ1) is 14.3. The van der Waals surface area contributed by atoms with Gasteiger partial charge in [-0.25, -0.2) is 9.18 Å². The Morgan fingerprint density at radius 3 is 2.75 bits per heavy atom. The second-order valence-electron chi connectivity index (χ2n) is 4.52. The van der Waals surface area contributed by atoms with Crippen LogP contribution in [0.3, 0.4) is 0 Å². The number of halogens is 1. The highest BCUT2D eigenvalue weighted by Gasteiger charge is 2.13. The molecule has 5 heteroatoms. The molecule has 1 aromatic carbocycles. The summed E-state index contributed by atoms with van der Waals surface area (Å²) in [4.78, 5) is 10.7. The van der Waals surface area contributed by atoms with Gasteiger partial charge in [-0.15, -0.1) is 0 Å². The molecule has 1 unspecified atom stereocenters. The molecule has 20 heavy (non-hydrogen) atoms. The van der Waals surface area contributed by atoms with Gasteiger partial charge in [-0.3, -0.25) is 0 Å². The predicted molar refractivity (Wildman–Crippen MR) is 72.2 cm³/mol. The molecule has 0 fully saturated rings. The lowest BCUT2D eigenvalue weighted by molar-refractivity contribution is 0.0659. The fraction of sp³-hybridized carbons (Fsp3) is 0.267. The molecule has 0 radical (unpaired) electrons. The summed E-state index contributed by atoms with van der Waals surface area (Å²) in [5.74, 6) is -0.832. The van der Waals surface area contributed by atoms with Crippen LogP contribution in [0.5, 0.6) is 0 Å². The van der Waals surface area contributed by atoms with Crippen LogP contribution >= 0.6 is 0 Å². The van der Waals surface area contributed by atoms with Crippen molar-refractivity contribution < 1.29 is 18.7 Å². The van der Waals surface area contributed by atoms with E-state index < -0.39 is 5.97 Å². The van der Waals surface area contributed by atoms with Crippen LogP contribution in [0.2, 0.25) is 0 Å². The van der Waals surface area contributed by atoms with Gasteiger partial charge in [0, 0.05) is 0 Å². The summed E-state index contributed by atoms with van der Waals surface area (Å²) in [6.45, 7) is 2.44. The van der Waals surface area contributed by atoms with E-state index in [1.165, 1.54) is 12.1 Å². The number of benzene rings is 1. The Morgan fingerprint density at radius 2 is 2.10 bits per heavy atom. The number of carboxylic acids is 1. The van der Waals surface area contributed by atoms with E-state index in [1.54, 1.807) is 24.3 Å². The molecule has 2 N–H and O–H groups in total. The highest BCUT2D eigenvalue weighted by molar-refractivity contribution is 5.84. The summed E-state index contributed by atoms with van der Waals surface area (Å²) in [5, 5.41) is 12.0. The quantitative estimate of drug-likeness (QED) is 0.852. The smallest absolute Gasteiger partial charge is 0.371 e. The molecule has 1 heterocycles. The van der Waals surface area contributed by atoms with E-state index in [1.807, 2.05) is 6.92 Å². The van der Waals surface area contributed by atoms with Gasteiger partial charge in [0.2, 0.25) is 5.76 Å². The van der Waals surface area contributed by atoms with Gasteiger partial charge < -0.3 is 14.8 Å². The average molecular weight is 277 g/mol. The van der Waals surface area contributed by atoms with E-state index in [0.29, 0.717) is 24.3 Å². The predicted octanol–water partition coefficient (Wildman–Crippen LogP) is 3.01. The maximum atomic E-state index is 13.4. The van der Waals surface area contributed by atoms with E-state index >= 15 is 0 Å². The van der Waals surface area contributed by atoms with Crippen LogP contribution < -0.4 is 5.32 Å². The lowest BCUT2D eigenvalue weighted by Crippen LogP contribution is -2.21. The summed E-state index contributed by atoms with van der Waals surface area (Å²) in [6.07, 6.45) is 0.559. The van der Waals surface area contributed by atoms with Crippen molar-refractivity contribution in [2.24, 2.45) is 0 Å². The van der Waals surface area contributed by atoms with Gasteiger partial charge >= 0.3 is 5.97 Å². The summed E-state index contributed by atoms with van der Waals surface area (Å²) in [5.41, 5.74) is 0.651. The first-order chi connectivity index (χ1) is 9.58. The molecule has 1 atom stereocenters. The molecule has 0 aliphatic heterocycles. The maximum Gasteiger partial charge on any atom is 0.371 e. The van der Waals surface area contributed by atoms with Crippen molar-refractivity contribution >= 4 is 5.97 Å². The lowest BCUT2D eigenvalue weighted by Gasteiger charge is -2.11. The second-order valence-corrected chi connectivity index (χ2v) is 4.52. The topological polar surface area (TPSA) is 62.5 Å². The molecule has 0 saturated heterocycles. The lowest BCUT2D eigenvalue weighted by atomic mass is 10.1. The van der Waals surface area contributed by atoms with E-state index in [0.717, 1.165) is 0 Å². The molecular weight excluding hydrogens is 261 g/mol. The molecule has 0 aliphatic rings. The zero-order chi connectivity index (χ0) is 14.5. The third-order valence-corrected chi connectivity index (χ3v) is 3.07. The summed E-state index contributed by atoms with van der Waals surface area (Å²) in [7, 11) is 0. The second kappa shape index (κ2) is 6.34. The number of hydrogen-bond donors (Lipinski definition) is 2. The average Bonchev–Trinajstić information content (AvgIpc) is 2.91. The minimum Gasteiger partial charge on any atom is -0.475 e. The number of rotatable bonds is 6. The fourth-order valence-electron chi connectivity index (χ4n) is 1.93. The van der Waals surface area contributed by atoms with E-state index in [-0.39, 0.29) is 17.6 Å². The number of carbonyl (C=O) groups is 1. The third-order valence-electron chi connectivity index (χ3n) is 3.07. The Balaban J connectivity index is 1.87. The zero-order valence-electron chi connectivity index (χ0n) is 11.1. The molecule has 4 nitrogen and oxygen atoms in total. The van der Waals surface area contributed by atoms with Crippen molar-refractivity contribution in [2.75, 3.05) is 6.54 Å². The molecule has 0 saturated carbocycles. The number of nitrogens with one attached hydrogen (secondary N) is 1. The van der Waals surface area contributed by atoms with Crippen LogP contribution in [-0.4, -0.2) is 17.6 Å². The Kier molecular flexibility index (Phi) is 4.53. The van der Waals surface area contributed by atoms with Gasteiger partial charge in [-0.2, -0.15) is 0 Å². The van der Waals surface area contributed by atoms with Gasteiger partial charge in [0.1, 0.15) is 11.6 Å². The van der Waals surface area contributed by atoms with Crippen molar-refractivity contribution in [2.45, 2.75) is 19.4 Å². The molecule has 2 aromatic rings. The minimum absolute atomic E-state index is 0.0808. The largest absolute Gasteiger partial charge is 0.475 e. The SMILES string of the molecule is CC(NCCc1ccccc1F)c1ccc(C(=O)O)o1. The van der Waals surface area contributed by atoms with Gasteiger partial charge in [0.25, 0.3) is 0 Å². The van der Waals surface area contributed by atoms with Crippen molar-refractivity contribution in [3.8, 4) is 0 Å². The summed E-state index contributed by atoms with van der Waals surface area (Å²) in [6, 6.07) is 9.56. The molecule has 0 spiro atoms. The monoisotopic (exact) mass is 277 g/mol. The Labute approximate surface area is 116 Å². The van der Waals surface area contributed by atoms with Crippen LogP contribution in [-0.2, 0) is 6.42 Å². The molecule has 0 amide bonds. The van der Waals surface area contributed by atoms with Crippen LogP contribution in [0.15, 0.2) is 40.8 Å². The van der Waals surface area contributed by atoms with Gasteiger partial charge in [0.05, 0.1) is 6.04 Å². The Morgan fingerprint density at radius 1 is 1.35 bits per heavy atom. The first-order valence-electron chi connectivity index (χ1n) is 6.37. The highest BCUT2D eigenvalue weighted by atomic mass is 19.1. The van der Waals surface area contributed by atoms with Gasteiger partial charge in [0.15, 0.2) is 0 Å². The van der Waals surface area contributed by atoms with Gasteiger partial charge in [-0.05, 0) is 43.7 Å². The highest BCUT2D eigenvalue weighted by Crippen LogP contribution is 2.16. The van der Waals surface area contributed by atoms with Crippen LogP contribution in [0.25, 0.3) is 0 Å². The van der Waals surface area contributed by atoms with Gasteiger partial charge in [-0.1, -0.05) is 18.2 Å². The van der Waals surface area contributed by atoms with Crippen molar-refractivity contribution in [3.05, 3.63) is 59.3 Å². The Hall–Kier alpha value is -2.14. The van der Waals surface area contributed by atoms with E-state index in [4.69, 9.17) is 9.52 Å². The summed E-state index contributed by atoms with van der Waals surface area (Å²) >= 11 is 0. The summed E-state index contributed by atoms with van der Waals surface area (Å²) < 4.78 is 18.6. The standard InChI is InChI=1S/C15H16FNO3/c1-10(13-6-7-14(20-13)15(18)19)17-9-8-11-4-2-3-5-12(11)16/h2-7,10,17H,8-9H2,1H3,(H,18,19). The number of aromatic carboxylic acids is 1. The van der Waals surface area contributed by atoms with Crippen LogP contribution in [0.1, 0.15) is 34.8 Å². The van der Waals surface area contributed by atoms with Crippen molar-refractivity contribution in [1.82, 2.24) is 5.32 Å². The molecule has 0 bridgehead atoms. The first-order valence-corrected chi connectivity index (χ1v) is 6.37. The molecule has 0 aliphatic carbocycles. The normalized spacial score (nSPS) is 12.3.